The smallest absolute Gasteiger partial charge is 0.267 e. The van der Waals surface area contributed by atoms with Gasteiger partial charge in [-0.25, -0.2) is 0 Å². The van der Waals surface area contributed by atoms with Crippen molar-refractivity contribution >= 4 is 5.91 Å². The number of aromatic nitrogens is 1. The van der Waals surface area contributed by atoms with Crippen LogP contribution in [-0.4, -0.2) is 28.2 Å². The molecule has 1 rings (SSSR count). The summed E-state index contributed by atoms with van der Waals surface area (Å²) in [4.78, 5) is 11.7. The van der Waals surface area contributed by atoms with Crippen LogP contribution in [0.2, 0.25) is 0 Å². The average Bonchev–Trinajstić information content (AvgIpc) is 2.64. The summed E-state index contributed by atoms with van der Waals surface area (Å²) < 4.78 is 1.89. The Balaban J connectivity index is 2.47. The van der Waals surface area contributed by atoms with Gasteiger partial charge in [-0.15, -0.1) is 0 Å². The number of rotatable bonds is 5. The minimum Gasteiger partial charge on any atom is -0.393 e. The summed E-state index contributed by atoms with van der Waals surface area (Å²) in [7, 11) is 0. The number of amides is 1. The molecule has 0 aliphatic heterocycles. The second-order valence-electron chi connectivity index (χ2n) is 3.57. The maximum absolute atomic E-state index is 11.7. The van der Waals surface area contributed by atoms with E-state index in [1.54, 1.807) is 13.0 Å². The highest BCUT2D eigenvalue weighted by Gasteiger charge is 2.08. The largest absolute Gasteiger partial charge is 0.393 e. The fourth-order valence-electron chi connectivity index (χ4n) is 1.38. The molecule has 1 unspecified atom stereocenters. The fourth-order valence-corrected chi connectivity index (χ4v) is 1.38. The van der Waals surface area contributed by atoms with Crippen LogP contribution in [-0.2, 0) is 6.54 Å². The van der Waals surface area contributed by atoms with E-state index in [9.17, 15) is 4.79 Å². The predicted molar refractivity (Wildman–Crippen MR) is 58.7 cm³/mol. The van der Waals surface area contributed by atoms with Gasteiger partial charge in [0.05, 0.1) is 6.10 Å². The van der Waals surface area contributed by atoms with E-state index in [2.05, 4.69) is 5.32 Å². The summed E-state index contributed by atoms with van der Waals surface area (Å²) >= 11 is 0. The van der Waals surface area contributed by atoms with Crippen molar-refractivity contribution in [1.82, 2.24) is 9.88 Å². The molecule has 84 valence electrons. The molecule has 15 heavy (non-hydrogen) atoms. The van der Waals surface area contributed by atoms with Crippen molar-refractivity contribution in [2.45, 2.75) is 32.9 Å². The monoisotopic (exact) mass is 210 g/mol. The molecule has 0 bridgehead atoms. The van der Waals surface area contributed by atoms with Crippen LogP contribution in [0.1, 0.15) is 30.8 Å². The van der Waals surface area contributed by atoms with Crippen LogP contribution in [0.5, 0.6) is 0 Å². The molecule has 0 saturated heterocycles. The number of nitrogens with one attached hydrogen (secondary N) is 1. The molecular weight excluding hydrogens is 192 g/mol. The SMILES string of the molecule is CCn1cccc1C(=O)NCCC(C)O. The highest BCUT2D eigenvalue weighted by Crippen LogP contribution is 2.01. The Hall–Kier alpha value is -1.29. The van der Waals surface area contributed by atoms with Crippen LogP contribution in [0.25, 0.3) is 0 Å². The lowest BCUT2D eigenvalue weighted by molar-refractivity contribution is 0.0936. The van der Waals surface area contributed by atoms with E-state index in [0.717, 1.165) is 6.54 Å². The van der Waals surface area contributed by atoms with Crippen LogP contribution >= 0.6 is 0 Å². The van der Waals surface area contributed by atoms with Crippen LogP contribution < -0.4 is 5.32 Å². The maximum atomic E-state index is 11.7. The molecule has 1 aromatic rings. The molecule has 1 atom stereocenters. The zero-order valence-corrected chi connectivity index (χ0v) is 9.23. The van der Waals surface area contributed by atoms with E-state index >= 15 is 0 Å². The third kappa shape index (κ3) is 3.40. The Labute approximate surface area is 89.9 Å². The van der Waals surface area contributed by atoms with Gasteiger partial charge in [-0.1, -0.05) is 0 Å². The molecule has 1 aromatic heterocycles. The van der Waals surface area contributed by atoms with Gasteiger partial charge < -0.3 is 15.0 Å². The second kappa shape index (κ2) is 5.56. The van der Waals surface area contributed by atoms with Gasteiger partial charge in [0.15, 0.2) is 0 Å². The van der Waals surface area contributed by atoms with Crippen molar-refractivity contribution in [2.75, 3.05) is 6.54 Å². The van der Waals surface area contributed by atoms with Crippen LogP contribution in [0.4, 0.5) is 0 Å². The van der Waals surface area contributed by atoms with E-state index in [-0.39, 0.29) is 12.0 Å². The number of hydrogen-bond donors (Lipinski definition) is 2. The van der Waals surface area contributed by atoms with Crippen molar-refractivity contribution in [2.24, 2.45) is 0 Å². The fraction of sp³-hybridized carbons (Fsp3) is 0.545. The predicted octanol–water partition coefficient (Wildman–Crippen LogP) is 1.01. The first-order chi connectivity index (χ1) is 7.15. The number of aliphatic hydroxyl groups excluding tert-OH is 1. The van der Waals surface area contributed by atoms with E-state index in [1.807, 2.05) is 23.8 Å². The van der Waals surface area contributed by atoms with Crippen LogP contribution in [0, 0.1) is 0 Å². The van der Waals surface area contributed by atoms with Crippen molar-refractivity contribution in [1.29, 1.82) is 0 Å². The van der Waals surface area contributed by atoms with Crippen molar-refractivity contribution in [3.63, 3.8) is 0 Å². The summed E-state index contributed by atoms with van der Waals surface area (Å²) in [6.45, 7) is 4.99. The van der Waals surface area contributed by atoms with Gasteiger partial charge in [-0.2, -0.15) is 0 Å². The number of hydrogen-bond acceptors (Lipinski definition) is 2. The van der Waals surface area contributed by atoms with Gasteiger partial charge in [0, 0.05) is 19.3 Å². The minimum atomic E-state index is -0.372. The first-order valence-corrected chi connectivity index (χ1v) is 5.26. The molecule has 0 aliphatic rings. The molecule has 0 saturated carbocycles. The topological polar surface area (TPSA) is 54.3 Å². The Morgan fingerprint density at radius 2 is 2.40 bits per heavy atom. The molecule has 1 amide bonds. The Bertz CT molecular complexity index is 318. The van der Waals surface area contributed by atoms with Crippen LogP contribution in [0.15, 0.2) is 18.3 Å². The van der Waals surface area contributed by atoms with E-state index in [1.165, 1.54) is 0 Å². The van der Waals surface area contributed by atoms with Gasteiger partial charge in [0.25, 0.3) is 5.91 Å². The summed E-state index contributed by atoms with van der Waals surface area (Å²) in [6.07, 6.45) is 2.09. The molecule has 0 aromatic carbocycles. The lowest BCUT2D eigenvalue weighted by Crippen LogP contribution is -2.28. The van der Waals surface area contributed by atoms with Crippen molar-refractivity contribution < 1.29 is 9.90 Å². The van der Waals surface area contributed by atoms with Gasteiger partial charge in [0.1, 0.15) is 5.69 Å². The van der Waals surface area contributed by atoms with E-state index in [4.69, 9.17) is 5.11 Å². The van der Waals surface area contributed by atoms with Gasteiger partial charge in [0.2, 0.25) is 0 Å². The summed E-state index contributed by atoms with van der Waals surface area (Å²) in [5, 5.41) is 11.8. The first-order valence-electron chi connectivity index (χ1n) is 5.26. The van der Waals surface area contributed by atoms with Gasteiger partial charge in [-0.3, -0.25) is 4.79 Å². The lowest BCUT2D eigenvalue weighted by Gasteiger charge is -2.08. The zero-order chi connectivity index (χ0) is 11.3. The molecule has 4 nitrogen and oxygen atoms in total. The second-order valence-corrected chi connectivity index (χ2v) is 3.57. The van der Waals surface area contributed by atoms with Crippen molar-refractivity contribution in [3.8, 4) is 0 Å². The van der Waals surface area contributed by atoms with Crippen LogP contribution in [0.3, 0.4) is 0 Å². The molecule has 1 heterocycles. The summed E-state index contributed by atoms with van der Waals surface area (Å²) in [6, 6.07) is 3.65. The number of carbonyl (C=O) groups excluding carboxylic acids is 1. The quantitative estimate of drug-likeness (QED) is 0.762. The molecule has 0 aliphatic carbocycles. The maximum Gasteiger partial charge on any atom is 0.267 e. The number of aryl methyl sites for hydroxylation is 1. The molecule has 4 heteroatoms. The summed E-state index contributed by atoms with van der Waals surface area (Å²) in [5.41, 5.74) is 0.670. The number of aliphatic hydroxyl groups is 1. The Morgan fingerprint density at radius 1 is 1.67 bits per heavy atom. The van der Waals surface area contributed by atoms with E-state index < -0.39 is 0 Å². The molecular formula is C11H18N2O2. The molecule has 0 fully saturated rings. The minimum absolute atomic E-state index is 0.0810. The van der Waals surface area contributed by atoms with Gasteiger partial charge >= 0.3 is 0 Å². The Morgan fingerprint density at radius 3 is 3.00 bits per heavy atom. The normalized spacial score (nSPS) is 12.5. The highest BCUT2D eigenvalue weighted by atomic mass is 16.3. The average molecular weight is 210 g/mol. The molecule has 0 radical (unpaired) electrons. The highest BCUT2D eigenvalue weighted by molar-refractivity contribution is 5.92. The van der Waals surface area contributed by atoms with E-state index in [0.29, 0.717) is 18.7 Å². The molecule has 2 N–H and O–H groups in total. The third-order valence-electron chi connectivity index (χ3n) is 2.25. The number of nitrogens with zero attached hydrogens (tertiary/aromatic N) is 1. The molecule has 0 spiro atoms. The standard InChI is InChI=1S/C11H18N2O2/c1-3-13-8-4-5-10(13)11(15)12-7-6-9(2)14/h4-5,8-9,14H,3,6-7H2,1-2H3,(H,12,15). The van der Waals surface area contributed by atoms with Gasteiger partial charge in [-0.05, 0) is 32.4 Å². The summed E-state index contributed by atoms with van der Waals surface area (Å²) in [5.74, 6) is -0.0810. The zero-order valence-electron chi connectivity index (χ0n) is 9.23. The Kier molecular flexibility index (Phi) is 4.37. The first kappa shape index (κ1) is 11.8. The number of carbonyl (C=O) groups is 1. The third-order valence-corrected chi connectivity index (χ3v) is 2.25. The van der Waals surface area contributed by atoms with Crippen molar-refractivity contribution in [3.05, 3.63) is 24.0 Å². The lowest BCUT2D eigenvalue weighted by atomic mass is 10.3.